The molecule has 0 radical (unpaired) electrons. The van der Waals surface area contributed by atoms with E-state index in [1.54, 1.807) is 26.0 Å². The lowest BCUT2D eigenvalue weighted by atomic mass is 10.0. The van der Waals surface area contributed by atoms with Crippen molar-refractivity contribution in [3.8, 4) is 5.75 Å². The number of nitrogens with two attached hydrogens (primary N) is 1. The number of carboxylic acid groups (broad SMARTS) is 1. The number of aliphatic carboxylic acids is 1. The lowest BCUT2D eigenvalue weighted by molar-refractivity contribution is -0.143. The third-order valence-corrected chi connectivity index (χ3v) is 4.47. The summed E-state index contributed by atoms with van der Waals surface area (Å²) in [6.07, 6.45) is 0.0219. The number of aromatic hydroxyl groups is 1. The number of carboxylic acids is 1. The van der Waals surface area contributed by atoms with E-state index in [0.29, 0.717) is 5.56 Å². The van der Waals surface area contributed by atoms with Gasteiger partial charge in [-0.3, -0.25) is 14.4 Å². The minimum atomic E-state index is -1.43. The molecular formula is C20H30N4O7. The van der Waals surface area contributed by atoms with Crippen molar-refractivity contribution < 1.29 is 34.5 Å². The Morgan fingerprint density at radius 2 is 1.42 bits per heavy atom. The summed E-state index contributed by atoms with van der Waals surface area (Å²) >= 11 is 0. The predicted molar refractivity (Wildman–Crippen MR) is 111 cm³/mol. The Morgan fingerprint density at radius 3 is 1.87 bits per heavy atom. The molecule has 1 rings (SSSR count). The van der Waals surface area contributed by atoms with E-state index in [1.807, 2.05) is 0 Å². The van der Waals surface area contributed by atoms with Crippen molar-refractivity contribution in [1.29, 1.82) is 0 Å². The van der Waals surface area contributed by atoms with E-state index in [2.05, 4.69) is 16.0 Å². The molecular weight excluding hydrogens is 408 g/mol. The van der Waals surface area contributed by atoms with Gasteiger partial charge in [0.25, 0.3) is 0 Å². The number of aliphatic hydroxyl groups is 1. The fourth-order valence-electron chi connectivity index (χ4n) is 2.61. The van der Waals surface area contributed by atoms with Gasteiger partial charge in [-0.1, -0.05) is 26.0 Å². The molecule has 0 aliphatic heterocycles. The van der Waals surface area contributed by atoms with Crippen LogP contribution in [-0.2, 0) is 25.6 Å². The minimum absolute atomic E-state index is 0.0219. The van der Waals surface area contributed by atoms with Crippen LogP contribution in [0.4, 0.5) is 0 Å². The first-order valence-electron chi connectivity index (χ1n) is 9.74. The molecule has 0 bridgehead atoms. The van der Waals surface area contributed by atoms with Gasteiger partial charge in [-0.25, -0.2) is 4.79 Å². The van der Waals surface area contributed by atoms with Crippen LogP contribution in [-0.4, -0.2) is 69.8 Å². The Labute approximate surface area is 180 Å². The van der Waals surface area contributed by atoms with Crippen molar-refractivity contribution in [2.75, 3.05) is 6.61 Å². The number of rotatable bonds is 11. The molecule has 1 aromatic carbocycles. The summed E-state index contributed by atoms with van der Waals surface area (Å²) in [5, 5.41) is 35.2. The first-order chi connectivity index (χ1) is 14.5. The van der Waals surface area contributed by atoms with Gasteiger partial charge in [-0.15, -0.1) is 0 Å². The monoisotopic (exact) mass is 438 g/mol. The first-order valence-corrected chi connectivity index (χ1v) is 9.74. The van der Waals surface area contributed by atoms with Crippen LogP contribution in [0.5, 0.6) is 5.75 Å². The topological polar surface area (TPSA) is 191 Å². The average Bonchev–Trinajstić information content (AvgIpc) is 2.70. The maximum atomic E-state index is 12.8. The molecule has 0 aromatic heterocycles. The molecule has 31 heavy (non-hydrogen) atoms. The van der Waals surface area contributed by atoms with E-state index < -0.39 is 60.4 Å². The largest absolute Gasteiger partial charge is 0.508 e. The van der Waals surface area contributed by atoms with Crippen molar-refractivity contribution in [2.24, 2.45) is 11.7 Å². The molecule has 3 amide bonds. The predicted octanol–water partition coefficient (Wildman–Crippen LogP) is -1.53. The Balaban J connectivity index is 2.97. The van der Waals surface area contributed by atoms with Crippen LogP contribution >= 0.6 is 0 Å². The van der Waals surface area contributed by atoms with Crippen molar-refractivity contribution in [1.82, 2.24) is 16.0 Å². The van der Waals surface area contributed by atoms with E-state index in [0.717, 1.165) is 0 Å². The average molecular weight is 438 g/mol. The van der Waals surface area contributed by atoms with Crippen molar-refractivity contribution in [3.05, 3.63) is 29.8 Å². The van der Waals surface area contributed by atoms with E-state index in [9.17, 15) is 34.5 Å². The number of amides is 3. The van der Waals surface area contributed by atoms with E-state index in [-0.39, 0.29) is 12.2 Å². The fraction of sp³-hybridized carbons (Fsp3) is 0.500. The number of hydrogen-bond acceptors (Lipinski definition) is 7. The van der Waals surface area contributed by atoms with Crippen LogP contribution in [0.3, 0.4) is 0 Å². The third-order valence-electron chi connectivity index (χ3n) is 4.47. The molecule has 4 atom stereocenters. The second kappa shape index (κ2) is 11.9. The molecule has 1 aromatic rings. The maximum Gasteiger partial charge on any atom is 0.326 e. The molecule has 0 aliphatic rings. The number of phenols is 1. The summed E-state index contributed by atoms with van der Waals surface area (Å²) in [4.78, 5) is 48.5. The number of carbonyl (C=O) groups excluding carboxylic acids is 3. The minimum Gasteiger partial charge on any atom is -0.508 e. The van der Waals surface area contributed by atoms with Gasteiger partial charge in [0.2, 0.25) is 17.7 Å². The van der Waals surface area contributed by atoms with E-state index in [1.165, 1.54) is 19.1 Å². The normalized spacial score (nSPS) is 14.8. The third kappa shape index (κ3) is 8.22. The lowest BCUT2D eigenvalue weighted by Crippen LogP contribution is -2.58. The number of hydrogen-bond donors (Lipinski definition) is 7. The summed E-state index contributed by atoms with van der Waals surface area (Å²) in [6, 6.07) is 1.29. The van der Waals surface area contributed by atoms with Gasteiger partial charge in [0, 0.05) is 6.42 Å². The number of benzene rings is 1. The summed E-state index contributed by atoms with van der Waals surface area (Å²) in [7, 11) is 0. The second-order valence-electron chi connectivity index (χ2n) is 7.53. The summed E-state index contributed by atoms with van der Waals surface area (Å²) in [5.41, 5.74) is 6.16. The highest BCUT2D eigenvalue weighted by Gasteiger charge is 2.30. The lowest BCUT2D eigenvalue weighted by Gasteiger charge is -2.25. The van der Waals surface area contributed by atoms with Gasteiger partial charge < -0.3 is 37.0 Å². The summed E-state index contributed by atoms with van der Waals surface area (Å²) < 4.78 is 0. The van der Waals surface area contributed by atoms with E-state index in [4.69, 9.17) is 5.73 Å². The van der Waals surface area contributed by atoms with Gasteiger partial charge in [-0.2, -0.15) is 0 Å². The number of aliphatic hydroxyl groups excluding tert-OH is 1. The van der Waals surface area contributed by atoms with Crippen LogP contribution in [0.1, 0.15) is 26.3 Å². The Kier molecular flexibility index (Phi) is 9.90. The highest BCUT2D eigenvalue weighted by Crippen LogP contribution is 2.12. The molecule has 0 heterocycles. The van der Waals surface area contributed by atoms with Crippen LogP contribution in [0.2, 0.25) is 0 Å². The fourth-order valence-corrected chi connectivity index (χ4v) is 2.61. The molecule has 0 fully saturated rings. The molecule has 8 N–H and O–H groups in total. The van der Waals surface area contributed by atoms with Crippen LogP contribution in [0, 0.1) is 5.92 Å². The van der Waals surface area contributed by atoms with Crippen LogP contribution in [0.25, 0.3) is 0 Å². The van der Waals surface area contributed by atoms with Gasteiger partial charge in [0.05, 0.1) is 12.6 Å². The highest BCUT2D eigenvalue weighted by molar-refractivity contribution is 5.94. The summed E-state index contributed by atoms with van der Waals surface area (Å²) in [5.74, 6) is -3.90. The Morgan fingerprint density at radius 1 is 0.903 bits per heavy atom. The highest BCUT2D eigenvalue weighted by atomic mass is 16.4. The van der Waals surface area contributed by atoms with Gasteiger partial charge in [-0.05, 0) is 30.5 Å². The smallest absolute Gasteiger partial charge is 0.326 e. The number of phenolic OH excluding ortho intramolecular Hbond substituents is 1. The maximum absolute atomic E-state index is 12.8. The standard InChI is InChI=1S/C20H30N4O7/c1-10(2)16(20(30)31)24-19(29)15(9-25)23-18(28)14(22-17(27)11(3)21)8-12-4-6-13(26)7-5-12/h4-7,10-11,14-16,25-26H,8-9,21H2,1-3H3,(H,22,27)(H,23,28)(H,24,29)(H,30,31). The SMILES string of the molecule is CC(N)C(=O)NC(Cc1ccc(O)cc1)C(=O)NC(CO)C(=O)NC(C(=O)O)C(C)C. The van der Waals surface area contributed by atoms with Gasteiger partial charge in [0.1, 0.15) is 23.9 Å². The number of carbonyl (C=O) groups is 4. The molecule has 4 unspecified atom stereocenters. The zero-order valence-electron chi connectivity index (χ0n) is 17.7. The second-order valence-corrected chi connectivity index (χ2v) is 7.53. The number of nitrogens with one attached hydrogen (secondary N) is 3. The molecule has 11 heteroatoms. The molecule has 0 spiro atoms. The van der Waals surface area contributed by atoms with Crippen molar-refractivity contribution in [2.45, 2.75) is 51.4 Å². The quantitative estimate of drug-likeness (QED) is 0.216. The molecule has 0 saturated heterocycles. The Hall–Kier alpha value is -3.18. The Bertz CT molecular complexity index is 780. The van der Waals surface area contributed by atoms with Crippen LogP contribution in [0.15, 0.2) is 24.3 Å². The molecule has 11 nitrogen and oxygen atoms in total. The molecule has 172 valence electrons. The van der Waals surface area contributed by atoms with Crippen molar-refractivity contribution in [3.63, 3.8) is 0 Å². The van der Waals surface area contributed by atoms with Crippen LogP contribution < -0.4 is 21.7 Å². The van der Waals surface area contributed by atoms with Gasteiger partial charge in [0.15, 0.2) is 0 Å². The van der Waals surface area contributed by atoms with E-state index >= 15 is 0 Å². The van der Waals surface area contributed by atoms with Crippen molar-refractivity contribution >= 4 is 23.7 Å². The van der Waals surface area contributed by atoms with Gasteiger partial charge >= 0.3 is 5.97 Å². The zero-order chi connectivity index (χ0) is 23.7. The molecule has 0 saturated carbocycles. The zero-order valence-corrected chi connectivity index (χ0v) is 17.7. The summed E-state index contributed by atoms with van der Waals surface area (Å²) in [6.45, 7) is 3.85. The molecule has 0 aliphatic carbocycles. The first kappa shape index (κ1) is 25.9.